The highest BCUT2D eigenvalue weighted by atomic mass is 32.2. The third-order valence-corrected chi connectivity index (χ3v) is 11.4. The first kappa shape index (κ1) is 50.6. The van der Waals surface area contributed by atoms with E-state index >= 15 is 0 Å². The van der Waals surface area contributed by atoms with Crippen LogP contribution in [0.1, 0.15) is 51.0 Å². The van der Waals surface area contributed by atoms with Crippen LogP contribution in [-0.2, 0) is 46.3 Å². The number of aromatic nitrogens is 3. The molecule has 6 amide bonds. The predicted molar refractivity (Wildman–Crippen MR) is 243 cm³/mol. The predicted octanol–water partition coefficient (Wildman–Crippen LogP) is 0.377. The molecule has 0 radical (unpaired) electrons. The summed E-state index contributed by atoms with van der Waals surface area (Å²) in [5.41, 5.74) is 0.387. The van der Waals surface area contributed by atoms with E-state index < -0.39 is 95.4 Å². The largest absolute Gasteiger partial charge is 0.480 e. The molecule has 5 unspecified atom stereocenters. The maximum Gasteiger partial charge on any atom is 0.331 e. The number of carbonyl (C=O) groups excluding carboxylic acids is 6. The Hall–Kier alpha value is -7.40. The number of rotatable bonds is 20. The van der Waals surface area contributed by atoms with Gasteiger partial charge in [-0.3, -0.25) is 38.3 Å². The Bertz CT molecular complexity index is 2630. The lowest BCUT2D eigenvalue weighted by atomic mass is 10.0. The average Bonchev–Trinajstić information content (AvgIpc) is 3.86. The summed E-state index contributed by atoms with van der Waals surface area (Å²) in [4.78, 5) is 123. The number of aliphatic carboxylic acids is 1. The number of aliphatic hydroxyl groups is 1. The molecule has 1 fully saturated rings. The maximum atomic E-state index is 14.2. The van der Waals surface area contributed by atoms with Gasteiger partial charge in [0.05, 0.1) is 6.04 Å². The lowest BCUT2D eigenvalue weighted by Gasteiger charge is -2.34. The smallest absolute Gasteiger partial charge is 0.331 e. The van der Waals surface area contributed by atoms with Gasteiger partial charge in [0, 0.05) is 75.7 Å². The molecule has 0 spiro atoms. The molecular weight excluding hydrogens is 895 g/mol. The second kappa shape index (κ2) is 23.2. The van der Waals surface area contributed by atoms with E-state index in [1.54, 1.807) is 30.7 Å². The normalized spacial score (nSPS) is 17.2. The number of carboxylic acid groups (broad SMARTS) is 1. The quantitative estimate of drug-likeness (QED) is 0.0428. The summed E-state index contributed by atoms with van der Waals surface area (Å²) in [6.45, 7) is 3.89. The van der Waals surface area contributed by atoms with Crippen molar-refractivity contribution in [1.82, 2.24) is 46.0 Å². The number of nitrogens with one attached hydrogen (secondary N) is 7. The first-order chi connectivity index (χ1) is 31.8. The van der Waals surface area contributed by atoms with Gasteiger partial charge in [0.25, 0.3) is 5.56 Å². The van der Waals surface area contributed by atoms with Gasteiger partial charge in [-0.25, -0.2) is 14.4 Å². The Morgan fingerprint density at radius 3 is 2.37 bits per heavy atom. The topological polar surface area (TPSA) is 312 Å². The molecule has 2 aromatic heterocycles. The van der Waals surface area contributed by atoms with Gasteiger partial charge in [-0.05, 0) is 54.7 Å². The highest BCUT2D eigenvalue weighted by Crippen LogP contribution is 2.30. The van der Waals surface area contributed by atoms with Gasteiger partial charge < -0.3 is 56.2 Å². The van der Waals surface area contributed by atoms with Crippen LogP contribution in [0.5, 0.6) is 5.75 Å². The van der Waals surface area contributed by atoms with Crippen LogP contribution in [0.15, 0.2) is 88.5 Å². The van der Waals surface area contributed by atoms with E-state index in [4.69, 9.17) is 9.47 Å². The molecule has 4 aromatic rings. The lowest BCUT2D eigenvalue weighted by molar-refractivity contribution is -0.140. The molecule has 1 aliphatic rings. The van der Waals surface area contributed by atoms with Crippen molar-refractivity contribution in [3.05, 3.63) is 111 Å². The Kier molecular flexibility index (Phi) is 17.5. The zero-order valence-electron chi connectivity index (χ0n) is 37.2. The van der Waals surface area contributed by atoms with Gasteiger partial charge >= 0.3 is 23.7 Å². The summed E-state index contributed by atoms with van der Waals surface area (Å²) in [6, 6.07) is 6.88. The number of para-hydroxylation sites is 1. The number of H-pyrrole nitrogens is 2. The van der Waals surface area contributed by atoms with Gasteiger partial charge in [-0.2, -0.15) is 11.8 Å². The number of ether oxygens (including phenoxy) is 2. The van der Waals surface area contributed by atoms with E-state index in [-0.39, 0.29) is 37.2 Å². The molecule has 2 aromatic carbocycles. The van der Waals surface area contributed by atoms with Crippen LogP contribution in [0.4, 0.5) is 4.79 Å². The monoisotopic (exact) mass is 947 g/mol. The number of hydrogen-bond donors (Lipinski definition) is 9. The molecule has 67 heavy (non-hydrogen) atoms. The van der Waals surface area contributed by atoms with Crippen LogP contribution in [0.2, 0.25) is 0 Å². The number of urea groups is 1. The molecule has 3 heterocycles. The minimum absolute atomic E-state index is 0.00428. The Balaban J connectivity index is 1.39. The first-order valence-electron chi connectivity index (χ1n) is 21.0. The summed E-state index contributed by atoms with van der Waals surface area (Å²) < 4.78 is 11.9. The fraction of sp³-hybridized carbons (Fsp3) is 0.386. The molecule has 7 atom stereocenters. The highest BCUT2D eigenvalue weighted by molar-refractivity contribution is 7.98. The van der Waals surface area contributed by atoms with E-state index in [1.165, 1.54) is 51.7 Å². The number of amides is 6. The van der Waals surface area contributed by atoms with Crippen LogP contribution < -0.4 is 42.6 Å². The number of benzene rings is 2. The molecule has 1 aliphatic heterocycles. The number of hydrogen-bond acceptors (Lipinski definition) is 13. The van der Waals surface area contributed by atoms with Crippen LogP contribution in [-0.4, -0.2) is 127 Å². The summed E-state index contributed by atoms with van der Waals surface area (Å²) in [5, 5.41) is 34.3. The number of aromatic amines is 2. The molecule has 0 saturated carbocycles. The highest BCUT2D eigenvalue weighted by Gasteiger charge is 2.38. The van der Waals surface area contributed by atoms with E-state index in [0.29, 0.717) is 16.9 Å². The molecule has 0 bridgehead atoms. The average molecular weight is 948 g/mol. The van der Waals surface area contributed by atoms with E-state index in [9.17, 15) is 53.4 Å². The van der Waals surface area contributed by atoms with Crippen molar-refractivity contribution in [1.29, 1.82) is 0 Å². The Labute approximate surface area is 387 Å². The van der Waals surface area contributed by atoms with E-state index in [2.05, 4.69) is 36.6 Å². The van der Waals surface area contributed by atoms with Crippen molar-refractivity contribution in [3.63, 3.8) is 0 Å². The van der Waals surface area contributed by atoms with E-state index in [0.717, 1.165) is 38.8 Å². The molecule has 22 nitrogen and oxygen atoms in total. The molecule has 358 valence electrons. The number of aliphatic hydroxyl groups excluding tert-OH is 1. The van der Waals surface area contributed by atoms with Gasteiger partial charge in [-0.15, -0.1) is 0 Å². The van der Waals surface area contributed by atoms with Crippen LogP contribution >= 0.6 is 11.8 Å². The maximum absolute atomic E-state index is 14.2. The first-order valence-corrected chi connectivity index (χ1v) is 22.3. The fourth-order valence-electron chi connectivity index (χ4n) is 7.29. The zero-order valence-corrected chi connectivity index (χ0v) is 38.0. The Morgan fingerprint density at radius 2 is 1.69 bits per heavy atom. The summed E-state index contributed by atoms with van der Waals surface area (Å²) in [5.74, 6) is -4.38. The van der Waals surface area contributed by atoms with Gasteiger partial charge in [0.2, 0.25) is 29.9 Å². The third-order valence-electron chi connectivity index (χ3n) is 10.7. The van der Waals surface area contributed by atoms with Crippen LogP contribution in [0.3, 0.4) is 0 Å². The Morgan fingerprint density at radius 1 is 0.955 bits per heavy atom. The van der Waals surface area contributed by atoms with Crippen molar-refractivity contribution in [3.8, 4) is 5.75 Å². The number of carboxylic acids is 1. The number of nitrogens with zero attached hydrogens (tertiary/aromatic N) is 2. The molecular formula is C44H53N9O13S. The van der Waals surface area contributed by atoms with Gasteiger partial charge in [-0.1, -0.05) is 30.3 Å². The van der Waals surface area contributed by atoms with Crippen molar-refractivity contribution in [2.24, 2.45) is 0 Å². The van der Waals surface area contributed by atoms with Crippen molar-refractivity contribution < 1.29 is 53.2 Å². The zero-order chi connectivity index (χ0) is 48.9. The minimum atomic E-state index is -1.59. The molecule has 23 heteroatoms. The standard InChI is InChI=1S/C44H53N9O13S/c1-23(52(4)40(60)33(47-24(2)54)18-26-9-8-10-28(17-26)65-25(3)55)37(39(59)46-22-29-20-35(56)41(66-29)53-15-13-36(57)50-44(53)64)51-38(58)32(14-16-67-5)48-43(63)49-34(42(61)62)19-27-21-45-31-12-7-6-11-30(27)31/h6-13,15,17,21-23,32-35,37,41,45,56H,14,16,18-20H2,1-5H3,(H,46,59)(H,47,54)(H,51,58)(H,61,62)(H2,48,49,63)(H,50,57,64)/b29-22+/t23?,32?,33?,34?,35-,37?,41-/m0/s1. The van der Waals surface area contributed by atoms with Crippen molar-refractivity contribution in [2.75, 3.05) is 19.1 Å². The molecule has 9 N–H and O–H groups in total. The summed E-state index contributed by atoms with van der Waals surface area (Å²) in [6.07, 6.45) is 2.75. The number of thioether (sulfide) groups is 1. The second-order valence-corrected chi connectivity index (χ2v) is 16.7. The SMILES string of the molecule is CSCCC(NC(=O)NC(Cc1c[nH]c2ccccc12)C(=O)O)C(=O)NC(C(=O)N/C=C1\C[C@H](O)[C@@H](n2ccc(=O)[nH]c2=O)O1)C(C)N(C)C(=O)C(Cc1cccc(OC(C)=O)c1)NC(C)=O. The van der Waals surface area contributed by atoms with Crippen LogP contribution in [0, 0.1) is 0 Å². The molecule has 0 aliphatic carbocycles. The van der Waals surface area contributed by atoms with Crippen LogP contribution in [0.25, 0.3) is 10.9 Å². The minimum Gasteiger partial charge on any atom is -0.480 e. The van der Waals surface area contributed by atoms with Crippen molar-refractivity contribution in [2.45, 2.75) is 89.0 Å². The number of esters is 1. The summed E-state index contributed by atoms with van der Waals surface area (Å²) >= 11 is 1.35. The fourth-order valence-corrected chi connectivity index (χ4v) is 7.76. The lowest BCUT2D eigenvalue weighted by Crippen LogP contribution is -2.62. The van der Waals surface area contributed by atoms with Gasteiger partial charge in [0.15, 0.2) is 0 Å². The van der Waals surface area contributed by atoms with E-state index in [1.807, 2.05) is 18.2 Å². The third kappa shape index (κ3) is 13.8. The second-order valence-electron chi connectivity index (χ2n) is 15.7. The number of fused-ring (bicyclic) bond motifs is 1. The molecule has 5 rings (SSSR count). The number of carbonyl (C=O) groups is 7. The number of likely N-dealkylation sites (N-methyl/N-ethyl adjacent to an activating group) is 1. The molecule has 1 saturated heterocycles. The van der Waals surface area contributed by atoms with Crippen molar-refractivity contribution >= 4 is 64.3 Å². The summed E-state index contributed by atoms with van der Waals surface area (Å²) in [7, 11) is 1.35. The van der Waals surface area contributed by atoms with Gasteiger partial charge in [0.1, 0.15) is 41.8 Å².